The van der Waals surface area contributed by atoms with Gasteiger partial charge in [0.15, 0.2) is 0 Å². The molecular formula is C13H9F4NO2. The van der Waals surface area contributed by atoms with Gasteiger partial charge in [-0.3, -0.25) is 0 Å². The minimum absolute atomic E-state index is 0.0282. The van der Waals surface area contributed by atoms with Crippen molar-refractivity contribution in [3.05, 3.63) is 42.3 Å². The molecule has 0 radical (unpaired) electrons. The van der Waals surface area contributed by atoms with E-state index in [4.69, 9.17) is 4.74 Å². The number of pyridine rings is 1. The smallest absolute Gasteiger partial charge is 0.481 e. The normalized spacial score (nSPS) is 11.2. The maximum absolute atomic E-state index is 13.8. The van der Waals surface area contributed by atoms with Crippen LogP contribution in [0.25, 0.3) is 11.1 Å². The standard InChI is InChI=1S/C13H9F4NO2/c1-19-11-7-6-9(12(14)18-11)8-4-2-3-5-10(8)20-13(15,16)17/h2-7H,1H3. The maximum atomic E-state index is 13.8. The van der Waals surface area contributed by atoms with Crippen LogP contribution in [0.2, 0.25) is 0 Å². The molecule has 0 aliphatic carbocycles. The highest BCUT2D eigenvalue weighted by Gasteiger charge is 2.32. The minimum Gasteiger partial charge on any atom is -0.481 e. The predicted octanol–water partition coefficient (Wildman–Crippen LogP) is 3.79. The van der Waals surface area contributed by atoms with Crippen LogP contribution < -0.4 is 9.47 Å². The summed E-state index contributed by atoms with van der Waals surface area (Å²) in [5.74, 6) is -1.41. The van der Waals surface area contributed by atoms with E-state index in [2.05, 4.69) is 9.72 Å². The van der Waals surface area contributed by atoms with Crippen LogP contribution in [-0.2, 0) is 0 Å². The van der Waals surface area contributed by atoms with E-state index in [0.717, 1.165) is 6.07 Å². The highest BCUT2D eigenvalue weighted by molar-refractivity contribution is 5.70. The summed E-state index contributed by atoms with van der Waals surface area (Å²) in [4.78, 5) is 3.48. The molecule has 0 unspecified atom stereocenters. The van der Waals surface area contributed by atoms with Gasteiger partial charge in [0, 0.05) is 17.2 Å². The molecular weight excluding hydrogens is 278 g/mol. The zero-order valence-corrected chi connectivity index (χ0v) is 10.2. The number of rotatable bonds is 3. The van der Waals surface area contributed by atoms with Crippen LogP contribution in [0.3, 0.4) is 0 Å². The Morgan fingerprint density at radius 2 is 1.70 bits per heavy atom. The van der Waals surface area contributed by atoms with Crippen molar-refractivity contribution in [2.75, 3.05) is 7.11 Å². The Balaban J connectivity index is 2.47. The lowest BCUT2D eigenvalue weighted by molar-refractivity contribution is -0.274. The lowest BCUT2D eigenvalue weighted by Crippen LogP contribution is -2.17. The second-order valence-corrected chi connectivity index (χ2v) is 3.74. The fourth-order valence-electron chi connectivity index (χ4n) is 1.64. The van der Waals surface area contributed by atoms with Gasteiger partial charge in [0.2, 0.25) is 11.8 Å². The van der Waals surface area contributed by atoms with E-state index in [-0.39, 0.29) is 17.0 Å². The Kier molecular flexibility index (Phi) is 3.78. The van der Waals surface area contributed by atoms with Gasteiger partial charge in [0.1, 0.15) is 5.75 Å². The summed E-state index contributed by atoms with van der Waals surface area (Å²) in [7, 11) is 1.31. The van der Waals surface area contributed by atoms with Crippen LogP contribution in [0, 0.1) is 5.95 Å². The molecule has 0 bridgehead atoms. The fourth-order valence-corrected chi connectivity index (χ4v) is 1.64. The molecule has 0 aliphatic rings. The predicted molar refractivity (Wildman–Crippen MR) is 62.9 cm³/mol. The molecule has 0 aliphatic heterocycles. The van der Waals surface area contributed by atoms with Crippen LogP contribution in [-0.4, -0.2) is 18.5 Å². The second-order valence-electron chi connectivity index (χ2n) is 3.74. The number of halogens is 4. The average molecular weight is 287 g/mol. The molecule has 0 atom stereocenters. The number of ether oxygens (including phenoxy) is 2. The van der Waals surface area contributed by atoms with Crippen molar-refractivity contribution in [3.63, 3.8) is 0 Å². The molecule has 7 heteroatoms. The Bertz CT molecular complexity index is 614. The third-order valence-corrected chi connectivity index (χ3v) is 2.44. The lowest BCUT2D eigenvalue weighted by Gasteiger charge is -2.13. The number of hydrogen-bond donors (Lipinski definition) is 0. The van der Waals surface area contributed by atoms with Gasteiger partial charge in [-0.1, -0.05) is 18.2 Å². The van der Waals surface area contributed by atoms with Crippen molar-refractivity contribution < 1.29 is 27.0 Å². The van der Waals surface area contributed by atoms with Gasteiger partial charge in [0.05, 0.1) is 7.11 Å². The van der Waals surface area contributed by atoms with Crippen molar-refractivity contribution in [2.24, 2.45) is 0 Å². The molecule has 3 nitrogen and oxygen atoms in total. The maximum Gasteiger partial charge on any atom is 0.573 e. The first kappa shape index (κ1) is 14.1. The van der Waals surface area contributed by atoms with Gasteiger partial charge in [-0.2, -0.15) is 9.37 Å². The third-order valence-electron chi connectivity index (χ3n) is 2.44. The number of hydrogen-bond acceptors (Lipinski definition) is 3. The molecule has 0 amide bonds. The Labute approximate surface area is 111 Å². The number of methoxy groups -OCH3 is 1. The van der Waals surface area contributed by atoms with Crippen molar-refractivity contribution in [3.8, 4) is 22.8 Å². The van der Waals surface area contributed by atoms with E-state index in [0.29, 0.717) is 0 Å². The highest BCUT2D eigenvalue weighted by Crippen LogP contribution is 2.35. The number of aromatic nitrogens is 1. The van der Waals surface area contributed by atoms with E-state index < -0.39 is 18.1 Å². The van der Waals surface area contributed by atoms with E-state index >= 15 is 0 Å². The Morgan fingerprint density at radius 1 is 1.00 bits per heavy atom. The molecule has 2 aromatic rings. The summed E-state index contributed by atoms with van der Waals surface area (Å²) in [5.41, 5.74) is -0.150. The molecule has 0 saturated heterocycles. The first-order chi connectivity index (χ1) is 9.40. The van der Waals surface area contributed by atoms with Crippen molar-refractivity contribution in [1.82, 2.24) is 4.98 Å². The summed E-state index contributed by atoms with van der Waals surface area (Å²) >= 11 is 0. The summed E-state index contributed by atoms with van der Waals surface area (Å²) in [5, 5.41) is 0. The summed E-state index contributed by atoms with van der Waals surface area (Å²) in [6.45, 7) is 0. The molecule has 20 heavy (non-hydrogen) atoms. The summed E-state index contributed by atoms with van der Waals surface area (Å²) in [6, 6.07) is 7.88. The van der Waals surface area contributed by atoms with Crippen LogP contribution in [0.4, 0.5) is 17.6 Å². The molecule has 0 fully saturated rings. The zero-order valence-electron chi connectivity index (χ0n) is 10.2. The summed E-state index contributed by atoms with van der Waals surface area (Å²) < 4.78 is 59.3. The molecule has 0 N–H and O–H groups in total. The van der Waals surface area contributed by atoms with Crippen LogP contribution in [0.5, 0.6) is 11.6 Å². The van der Waals surface area contributed by atoms with Gasteiger partial charge < -0.3 is 9.47 Å². The first-order valence-electron chi connectivity index (χ1n) is 5.46. The zero-order chi connectivity index (χ0) is 14.8. The Hall–Kier alpha value is -2.31. The second kappa shape index (κ2) is 5.36. The number of nitrogens with zero attached hydrogens (tertiary/aromatic N) is 1. The third kappa shape index (κ3) is 3.17. The average Bonchev–Trinajstić information content (AvgIpc) is 2.38. The van der Waals surface area contributed by atoms with Crippen molar-refractivity contribution >= 4 is 0 Å². The fraction of sp³-hybridized carbons (Fsp3) is 0.154. The molecule has 1 heterocycles. The van der Waals surface area contributed by atoms with Gasteiger partial charge in [-0.05, 0) is 12.1 Å². The molecule has 106 valence electrons. The molecule has 2 rings (SSSR count). The number of benzene rings is 1. The lowest BCUT2D eigenvalue weighted by atomic mass is 10.1. The van der Waals surface area contributed by atoms with E-state index in [1.165, 1.54) is 37.4 Å². The molecule has 1 aromatic carbocycles. The highest BCUT2D eigenvalue weighted by atomic mass is 19.4. The number of alkyl halides is 3. The minimum atomic E-state index is -4.85. The van der Waals surface area contributed by atoms with Crippen LogP contribution in [0.15, 0.2) is 36.4 Å². The Morgan fingerprint density at radius 3 is 2.30 bits per heavy atom. The van der Waals surface area contributed by atoms with Crippen LogP contribution in [0.1, 0.15) is 0 Å². The molecule has 0 spiro atoms. The van der Waals surface area contributed by atoms with E-state index in [1.807, 2.05) is 0 Å². The SMILES string of the molecule is COc1ccc(-c2ccccc2OC(F)(F)F)c(F)n1. The number of para-hydroxylation sites is 1. The molecule has 1 aromatic heterocycles. The quantitative estimate of drug-likeness (QED) is 0.635. The largest absolute Gasteiger partial charge is 0.573 e. The van der Waals surface area contributed by atoms with Crippen molar-refractivity contribution in [2.45, 2.75) is 6.36 Å². The van der Waals surface area contributed by atoms with Crippen LogP contribution >= 0.6 is 0 Å². The van der Waals surface area contributed by atoms with Crippen molar-refractivity contribution in [1.29, 1.82) is 0 Å². The van der Waals surface area contributed by atoms with E-state index in [1.54, 1.807) is 0 Å². The van der Waals surface area contributed by atoms with Gasteiger partial charge in [0.25, 0.3) is 0 Å². The van der Waals surface area contributed by atoms with E-state index in [9.17, 15) is 17.6 Å². The van der Waals surface area contributed by atoms with Gasteiger partial charge in [-0.15, -0.1) is 13.2 Å². The monoisotopic (exact) mass is 287 g/mol. The molecule has 0 saturated carbocycles. The first-order valence-corrected chi connectivity index (χ1v) is 5.46. The van der Waals surface area contributed by atoms with Gasteiger partial charge in [-0.25, -0.2) is 0 Å². The summed E-state index contributed by atoms with van der Waals surface area (Å²) in [6.07, 6.45) is -4.85. The topological polar surface area (TPSA) is 31.4 Å². The van der Waals surface area contributed by atoms with Gasteiger partial charge >= 0.3 is 6.36 Å².